The van der Waals surface area contributed by atoms with E-state index in [-0.39, 0.29) is 18.0 Å². The maximum Gasteiger partial charge on any atom is 0.275 e. The molecule has 2 aliphatic heterocycles. The van der Waals surface area contributed by atoms with E-state index in [4.69, 9.17) is 0 Å². The second kappa shape index (κ2) is 5.15. The first kappa shape index (κ1) is 14.6. The number of benzene rings is 1. The van der Waals surface area contributed by atoms with Crippen molar-refractivity contribution in [2.24, 2.45) is 7.05 Å². The fourth-order valence-corrected chi connectivity index (χ4v) is 4.40. The molecule has 0 unspecified atom stereocenters. The average molecular weight is 336 g/mol. The summed E-state index contributed by atoms with van der Waals surface area (Å²) in [6.45, 7) is 2.76. The van der Waals surface area contributed by atoms with E-state index in [2.05, 4.69) is 24.8 Å². The Morgan fingerprint density at radius 3 is 2.84 bits per heavy atom. The zero-order chi connectivity index (χ0) is 17.1. The number of aryl methyl sites for hydroxylation is 2. The van der Waals surface area contributed by atoms with Gasteiger partial charge in [-0.25, -0.2) is 0 Å². The van der Waals surface area contributed by atoms with E-state index in [1.54, 1.807) is 4.68 Å². The van der Waals surface area contributed by atoms with Gasteiger partial charge in [0.25, 0.3) is 5.91 Å². The maximum absolute atomic E-state index is 13.4. The summed E-state index contributed by atoms with van der Waals surface area (Å²) in [5.41, 5.74) is 1.55. The van der Waals surface area contributed by atoms with Crippen LogP contribution in [0, 0.1) is 6.92 Å². The van der Waals surface area contributed by atoms with E-state index in [0.717, 1.165) is 48.4 Å². The fourth-order valence-electron chi connectivity index (χ4n) is 4.40. The minimum atomic E-state index is 0.0423. The lowest BCUT2D eigenvalue weighted by molar-refractivity contribution is 0.0660. The number of carbonyl (C=O) groups excluding carboxylic acids is 1. The molecular formula is C18H20N6O. The van der Waals surface area contributed by atoms with Gasteiger partial charge in [-0.15, -0.1) is 10.2 Å². The summed E-state index contributed by atoms with van der Waals surface area (Å²) in [6.07, 6.45) is 2.82. The van der Waals surface area contributed by atoms with Crippen LogP contribution in [0.1, 0.15) is 35.0 Å². The highest BCUT2D eigenvalue weighted by Gasteiger charge is 2.42. The SMILES string of the molecule is Cc1nnc2n1C[C@H]1CC[C@@H](C2)N1C(=O)c1nn(C)c2ccccc12. The van der Waals surface area contributed by atoms with Crippen molar-refractivity contribution in [3.8, 4) is 0 Å². The molecule has 0 spiro atoms. The third kappa shape index (κ3) is 2.04. The molecule has 128 valence electrons. The second-order valence-electron chi connectivity index (χ2n) is 7.06. The van der Waals surface area contributed by atoms with E-state index in [9.17, 15) is 4.79 Å². The van der Waals surface area contributed by atoms with Crippen molar-refractivity contribution in [1.29, 1.82) is 0 Å². The normalized spacial score (nSPS) is 22.2. The first-order valence-corrected chi connectivity index (χ1v) is 8.76. The molecule has 2 aliphatic rings. The summed E-state index contributed by atoms with van der Waals surface area (Å²) < 4.78 is 3.96. The Bertz CT molecular complexity index is 987. The Balaban J connectivity index is 1.56. The Labute approximate surface area is 145 Å². The quantitative estimate of drug-likeness (QED) is 0.678. The molecule has 0 radical (unpaired) electrons. The van der Waals surface area contributed by atoms with E-state index in [1.807, 2.05) is 38.2 Å². The van der Waals surface area contributed by atoms with Crippen molar-refractivity contribution >= 4 is 16.8 Å². The Kier molecular flexibility index (Phi) is 3.01. The lowest BCUT2D eigenvalue weighted by Crippen LogP contribution is -2.42. The third-order valence-corrected chi connectivity index (χ3v) is 5.64. The molecule has 2 atom stereocenters. The smallest absolute Gasteiger partial charge is 0.275 e. The van der Waals surface area contributed by atoms with Crippen LogP contribution in [0.15, 0.2) is 24.3 Å². The largest absolute Gasteiger partial charge is 0.329 e. The molecule has 3 aromatic rings. The van der Waals surface area contributed by atoms with Crippen molar-refractivity contribution in [1.82, 2.24) is 29.4 Å². The van der Waals surface area contributed by atoms with Gasteiger partial charge in [0, 0.05) is 31.4 Å². The lowest BCUT2D eigenvalue weighted by atomic mass is 10.1. The summed E-state index contributed by atoms with van der Waals surface area (Å²) >= 11 is 0. The monoisotopic (exact) mass is 336 g/mol. The molecule has 1 amide bonds. The number of carbonyl (C=O) groups is 1. The molecule has 7 heteroatoms. The predicted molar refractivity (Wildman–Crippen MR) is 92.2 cm³/mol. The van der Waals surface area contributed by atoms with Crippen LogP contribution in [0.2, 0.25) is 0 Å². The van der Waals surface area contributed by atoms with Gasteiger partial charge in [-0.1, -0.05) is 18.2 Å². The molecule has 25 heavy (non-hydrogen) atoms. The minimum absolute atomic E-state index is 0.0423. The van der Waals surface area contributed by atoms with Crippen LogP contribution in [0.4, 0.5) is 0 Å². The van der Waals surface area contributed by atoms with Crippen LogP contribution in [-0.4, -0.2) is 47.4 Å². The van der Waals surface area contributed by atoms with Crippen molar-refractivity contribution in [2.75, 3.05) is 0 Å². The van der Waals surface area contributed by atoms with Crippen LogP contribution < -0.4 is 0 Å². The first-order valence-electron chi connectivity index (χ1n) is 8.76. The van der Waals surface area contributed by atoms with Gasteiger partial charge in [-0.2, -0.15) is 5.10 Å². The first-order chi connectivity index (χ1) is 12.1. The molecule has 0 aliphatic carbocycles. The van der Waals surface area contributed by atoms with Gasteiger partial charge in [0.05, 0.1) is 11.6 Å². The van der Waals surface area contributed by atoms with Gasteiger partial charge in [0.1, 0.15) is 11.6 Å². The number of fused-ring (bicyclic) bond motifs is 4. The molecule has 1 fully saturated rings. The summed E-state index contributed by atoms with van der Waals surface area (Å²) in [5.74, 6) is 1.97. The third-order valence-electron chi connectivity index (χ3n) is 5.64. The van der Waals surface area contributed by atoms with E-state index in [0.29, 0.717) is 5.69 Å². The second-order valence-corrected chi connectivity index (χ2v) is 7.06. The molecule has 0 N–H and O–H groups in total. The highest BCUT2D eigenvalue weighted by Crippen LogP contribution is 2.33. The number of rotatable bonds is 1. The fraction of sp³-hybridized carbons (Fsp3) is 0.444. The van der Waals surface area contributed by atoms with Crippen LogP contribution in [-0.2, 0) is 20.0 Å². The zero-order valence-electron chi connectivity index (χ0n) is 14.4. The zero-order valence-corrected chi connectivity index (χ0v) is 14.4. The van der Waals surface area contributed by atoms with Crippen LogP contribution in [0.25, 0.3) is 10.9 Å². The van der Waals surface area contributed by atoms with Crippen molar-refractivity contribution in [3.05, 3.63) is 41.6 Å². The lowest BCUT2D eigenvalue weighted by Gasteiger charge is -2.27. The molecule has 5 rings (SSSR count). The van der Waals surface area contributed by atoms with Crippen LogP contribution >= 0.6 is 0 Å². The van der Waals surface area contributed by atoms with Gasteiger partial charge in [0.15, 0.2) is 5.69 Å². The number of amides is 1. The van der Waals surface area contributed by atoms with Crippen LogP contribution in [0.5, 0.6) is 0 Å². The van der Waals surface area contributed by atoms with Gasteiger partial charge >= 0.3 is 0 Å². The van der Waals surface area contributed by atoms with E-state index < -0.39 is 0 Å². The molecule has 1 aromatic carbocycles. The van der Waals surface area contributed by atoms with Crippen molar-refractivity contribution < 1.29 is 4.79 Å². The molecule has 7 nitrogen and oxygen atoms in total. The van der Waals surface area contributed by atoms with E-state index >= 15 is 0 Å². The van der Waals surface area contributed by atoms with Gasteiger partial charge in [-0.05, 0) is 25.8 Å². The number of para-hydroxylation sites is 1. The number of nitrogens with zero attached hydrogens (tertiary/aromatic N) is 6. The highest BCUT2D eigenvalue weighted by molar-refractivity contribution is 6.05. The average Bonchev–Trinajstić information content (AvgIpc) is 3.22. The van der Waals surface area contributed by atoms with Crippen molar-refractivity contribution in [2.45, 2.75) is 44.8 Å². The summed E-state index contributed by atoms with van der Waals surface area (Å²) in [6, 6.07) is 8.29. The molecule has 0 saturated carbocycles. The van der Waals surface area contributed by atoms with Gasteiger partial charge in [-0.3, -0.25) is 9.48 Å². The number of aromatic nitrogens is 5. The minimum Gasteiger partial charge on any atom is -0.329 e. The van der Waals surface area contributed by atoms with E-state index in [1.165, 1.54) is 0 Å². The van der Waals surface area contributed by atoms with Crippen LogP contribution in [0.3, 0.4) is 0 Å². The molecule has 2 bridgehead atoms. The number of hydrogen-bond donors (Lipinski definition) is 0. The van der Waals surface area contributed by atoms with Gasteiger partial charge in [0.2, 0.25) is 0 Å². The Morgan fingerprint density at radius 1 is 1.16 bits per heavy atom. The molecule has 2 aromatic heterocycles. The standard InChI is InChI=1S/C18H20N6O/c1-11-19-20-16-9-12-7-8-13(10-23(11)16)24(12)18(25)17-14-5-3-4-6-15(14)22(2)21-17/h3-6,12-13H,7-10H2,1-2H3/t12-,13+/m0/s1. The summed E-state index contributed by atoms with van der Waals surface area (Å²) in [5, 5.41) is 14.0. The topological polar surface area (TPSA) is 68.8 Å². The van der Waals surface area contributed by atoms with Crippen molar-refractivity contribution in [3.63, 3.8) is 0 Å². The molecule has 1 saturated heterocycles. The molecular weight excluding hydrogens is 316 g/mol. The maximum atomic E-state index is 13.4. The summed E-state index contributed by atoms with van der Waals surface area (Å²) in [4.78, 5) is 15.5. The Hall–Kier alpha value is -2.70. The summed E-state index contributed by atoms with van der Waals surface area (Å²) in [7, 11) is 1.89. The number of hydrogen-bond acceptors (Lipinski definition) is 4. The molecule has 4 heterocycles. The van der Waals surface area contributed by atoms with Gasteiger partial charge < -0.3 is 9.47 Å². The predicted octanol–water partition coefficient (Wildman–Crippen LogP) is 1.70. The Morgan fingerprint density at radius 2 is 1.96 bits per heavy atom. The highest BCUT2D eigenvalue weighted by atomic mass is 16.2.